The zero-order valence-electron chi connectivity index (χ0n) is 12.1. The molecule has 0 aliphatic heterocycles. The Morgan fingerprint density at radius 2 is 2.04 bits per heavy atom. The summed E-state index contributed by atoms with van der Waals surface area (Å²) in [5.41, 5.74) is 0.292. The van der Waals surface area contributed by atoms with Crippen molar-refractivity contribution in [1.82, 2.24) is 9.78 Å². The summed E-state index contributed by atoms with van der Waals surface area (Å²) in [6.07, 6.45) is -0.609. The van der Waals surface area contributed by atoms with E-state index in [1.807, 2.05) is 0 Å². The smallest absolute Gasteiger partial charge is 0.436 e. The Morgan fingerprint density at radius 1 is 1.30 bits per heavy atom. The molecule has 0 aliphatic carbocycles. The number of carbonyl (C=O) groups excluding carboxylic acids is 2. The molecule has 8 heteroatoms. The van der Waals surface area contributed by atoms with Gasteiger partial charge in [0, 0.05) is 5.56 Å². The minimum absolute atomic E-state index is 0.225. The van der Waals surface area contributed by atoms with Crippen molar-refractivity contribution in [3.63, 3.8) is 0 Å². The van der Waals surface area contributed by atoms with Crippen LogP contribution in [0.25, 0.3) is 10.2 Å². The van der Waals surface area contributed by atoms with Gasteiger partial charge in [-0.3, -0.25) is 4.79 Å². The molecule has 2 aromatic heterocycles. The van der Waals surface area contributed by atoms with E-state index in [9.17, 15) is 14.0 Å². The van der Waals surface area contributed by atoms with E-state index in [0.29, 0.717) is 15.8 Å². The Labute approximate surface area is 134 Å². The van der Waals surface area contributed by atoms with Crippen molar-refractivity contribution in [3.8, 4) is 0 Å². The number of fused-ring (bicyclic) bond motifs is 1. The van der Waals surface area contributed by atoms with Crippen molar-refractivity contribution >= 4 is 39.4 Å². The summed E-state index contributed by atoms with van der Waals surface area (Å²) in [6, 6.07) is 6.90. The Balaban J connectivity index is 1.91. The largest absolute Gasteiger partial charge is 0.448 e. The van der Waals surface area contributed by atoms with Gasteiger partial charge in [-0.2, -0.15) is 4.68 Å². The second-order valence-corrected chi connectivity index (χ2v) is 5.45. The predicted molar refractivity (Wildman–Crippen MR) is 84.4 cm³/mol. The number of nitrogens with zero attached hydrogens (tertiary/aromatic N) is 2. The van der Waals surface area contributed by atoms with Crippen LogP contribution in [0.3, 0.4) is 0 Å². The predicted octanol–water partition coefficient (Wildman–Crippen LogP) is 3.49. The van der Waals surface area contributed by atoms with Gasteiger partial charge < -0.3 is 10.1 Å². The lowest BCUT2D eigenvalue weighted by Gasteiger charge is -2.03. The molecule has 0 bridgehead atoms. The standard InChI is InChI=1S/C15H12FN3O3S/c1-2-22-15(21)19-14-11(7-8-23-14)12(18-19)17-13(20)9-3-5-10(16)6-4-9/h3-8H,2H2,1H3,(H,17,18,20). The first-order valence-electron chi connectivity index (χ1n) is 6.80. The number of rotatable bonds is 3. The fourth-order valence-corrected chi connectivity index (χ4v) is 2.87. The highest BCUT2D eigenvalue weighted by Crippen LogP contribution is 2.28. The molecule has 0 atom stereocenters. The average Bonchev–Trinajstić information content (AvgIpc) is 3.12. The van der Waals surface area contributed by atoms with Gasteiger partial charge in [0.25, 0.3) is 5.91 Å². The lowest BCUT2D eigenvalue weighted by atomic mass is 10.2. The number of carbonyl (C=O) groups is 2. The van der Waals surface area contributed by atoms with E-state index in [2.05, 4.69) is 10.4 Å². The minimum Gasteiger partial charge on any atom is -0.448 e. The SMILES string of the molecule is CCOC(=O)n1nc(NC(=O)c2ccc(F)cc2)c2ccsc21. The normalized spacial score (nSPS) is 10.7. The number of halogens is 1. The lowest BCUT2D eigenvalue weighted by molar-refractivity contribution is 0.102. The second-order valence-electron chi connectivity index (χ2n) is 4.56. The molecule has 3 aromatic rings. The van der Waals surface area contributed by atoms with E-state index in [1.54, 1.807) is 18.4 Å². The quantitative estimate of drug-likeness (QED) is 0.796. The Hall–Kier alpha value is -2.74. The molecular weight excluding hydrogens is 321 g/mol. The van der Waals surface area contributed by atoms with Crippen molar-refractivity contribution in [2.75, 3.05) is 11.9 Å². The van der Waals surface area contributed by atoms with Crippen LogP contribution in [0.15, 0.2) is 35.7 Å². The van der Waals surface area contributed by atoms with E-state index in [0.717, 1.165) is 4.68 Å². The van der Waals surface area contributed by atoms with E-state index in [1.165, 1.54) is 35.6 Å². The summed E-state index contributed by atoms with van der Waals surface area (Å²) in [4.78, 5) is 24.7. The third-order valence-corrected chi connectivity index (χ3v) is 3.96. The number of nitrogens with one attached hydrogen (secondary N) is 1. The molecule has 1 aromatic carbocycles. The first-order chi connectivity index (χ1) is 11.1. The molecule has 3 rings (SSSR count). The van der Waals surface area contributed by atoms with Crippen LogP contribution in [0.2, 0.25) is 0 Å². The Kier molecular flexibility index (Phi) is 4.07. The molecule has 0 fully saturated rings. The van der Waals surface area contributed by atoms with Gasteiger partial charge in [-0.25, -0.2) is 9.18 Å². The van der Waals surface area contributed by atoms with E-state index < -0.39 is 17.8 Å². The van der Waals surface area contributed by atoms with Crippen LogP contribution in [0.4, 0.5) is 15.0 Å². The van der Waals surface area contributed by atoms with Crippen LogP contribution < -0.4 is 5.32 Å². The molecule has 0 saturated carbocycles. The van der Waals surface area contributed by atoms with Gasteiger partial charge in [-0.15, -0.1) is 16.4 Å². The fraction of sp³-hybridized carbons (Fsp3) is 0.133. The summed E-state index contributed by atoms with van der Waals surface area (Å²) < 4.78 is 19.0. The Bertz CT molecular complexity index is 870. The third kappa shape index (κ3) is 2.93. The highest BCUT2D eigenvalue weighted by Gasteiger charge is 2.19. The van der Waals surface area contributed by atoms with Crippen molar-refractivity contribution < 1.29 is 18.7 Å². The number of hydrogen-bond donors (Lipinski definition) is 1. The molecule has 23 heavy (non-hydrogen) atoms. The number of aromatic nitrogens is 2. The van der Waals surface area contributed by atoms with Gasteiger partial charge in [0.1, 0.15) is 10.6 Å². The summed E-state index contributed by atoms with van der Waals surface area (Å²) in [5, 5.41) is 9.15. The number of hydrogen-bond acceptors (Lipinski definition) is 5. The molecule has 1 amide bonds. The monoisotopic (exact) mass is 333 g/mol. The van der Waals surface area contributed by atoms with Gasteiger partial charge in [0.05, 0.1) is 12.0 Å². The number of anilines is 1. The Morgan fingerprint density at radius 3 is 2.74 bits per heavy atom. The molecule has 0 unspecified atom stereocenters. The number of thiophene rings is 1. The van der Waals surface area contributed by atoms with Gasteiger partial charge in [-0.1, -0.05) is 0 Å². The van der Waals surface area contributed by atoms with E-state index in [4.69, 9.17) is 4.74 Å². The van der Waals surface area contributed by atoms with Crippen LogP contribution in [0.1, 0.15) is 17.3 Å². The van der Waals surface area contributed by atoms with Crippen LogP contribution in [0.5, 0.6) is 0 Å². The van der Waals surface area contributed by atoms with Gasteiger partial charge >= 0.3 is 6.09 Å². The average molecular weight is 333 g/mol. The van der Waals surface area contributed by atoms with Crippen LogP contribution >= 0.6 is 11.3 Å². The van der Waals surface area contributed by atoms with Gasteiger partial charge in [0.2, 0.25) is 0 Å². The zero-order chi connectivity index (χ0) is 16.4. The molecule has 0 saturated heterocycles. The molecule has 0 radical (unpaired) electrons. The number of ether oxygens (including phenoxy) is 1. The van der Waals surface area contributed by atoms with Gasteiger partial charge in [-0.05, 0) is 42.6 Å². The first-order valence-corrected chi connectivity index (χ1v) is 7.68. The van der Waals surface area contributed by atoms with Crippen LogP contribution in [-0.2, 0) is 4.74 Å². The fourth-order valence-electron chi connectivity index (χ4n) is 2.03. The molecule has 0 aliphatic rings. The number of benzene rings is 1. The molecular formula is C15H12FN3O3S. The van der Waals surface area contributed by atoms with Crippen LogP contribution in [0, 0.1) is 5.82 Å². The molecule has 2 heterocycles. The molecule has 1 N–H and O–H groups in total. The highest BCUT2D eigenvalue weighted by molar-refractivity contribution is 7.17. The first kappa shape index (κ1) is 15.2. The summed E-state index contributed by atoms with van der Waals surface area (Å²) >= 11 is 1.31. The molecule has 118 valence electrons. The molecule has 0 spiro atoms. The third-order valence-electron chi connectivity index (χ3n) is 3.07. The molecule has 6 nitrogen and oxygen atoms in total. The highest BCUT2D eigenvalue weighted by atomic mass is 32.1. The maximum Gasteiger partial charge on any atom is 0.436 e. The summed E-state index contributed by atoms with van der Waals surface area (Å²) in [7, 11) is 0. The summed E-state index contributed by atoms with van der Waals surface area (Å²) in [5.74, 6) is -0.608. The van der Waals surface area contributed by atoms with E-state index >= 15 is 0 Å². The topological polar surface area (TPSA) is 73.2 Å². The lowest BCUT2D eigenvalue weighted by Crippen LogP contribution is -2.16. The van der Waals surface area contributed by atoms with Crippen LogP contribution in [-0.4, -0.2) is 28.4 Å². The summed E-state index contributed by atoms with van der Waals surface area (Å²) in [6.45, 7) is 1.92. The number of amides is 1. The van der Waals surface area contributed by atoms with Crippen molar-refractivity contribution in [2.45, 2.75) is 6.92 Å². The van der Waals surface area contributed by atoms with E-state index in [-0.39, 0.29) is 12.4 Å². The maximum atomic E-state index is 12.9. The second kappa shape index (κ2) is 6.17. The van der Waals surface area contributed by atoms with Crippen molar-refractivity contribution in [2.24, 2.45) is 0 Å². The van der Waals surface area contributed by atoms with Gasteiger partial charge in [0.15, 0.2) is 5.82 Å². The zero-order valence-corrected chi connectivity index (χ0v) is 12.9. The maximum absolute atomic E-state index is 12.9. The van der Waals surface area contributed by atoms with Crippen molar-refractivity contribution in [1.29, 1.82) is 0 Å². The van der Waals surface area contributed by atoms with Crippen molar-refractivity contribution in [3.05, 3.63) is 47.1 Å². The minimum atomic E-state index is -0.609.